The number of halogens is 2. The first-order valence-corrected chi connectivity index (χ1v) is 5.76. The molecule has 0 N–H and O–H groups in total. The van der Waals surface area contributed by atoms with Gasteiger partial charge < -0.3 is 4.90 Å². The van der Waals surface area contributed by atoms with Crippen molar-refractivity contribution in [3.63, 3.8) is 0 Å². The summed E-state index contributed by atoms with van der Waals surface area (Å²) >= 11 is 0. The molecule has 6 heteroatoms. The van der Waals surface area contributed by atoms with Crippen molar-refractivity contribution >= 4 is 7.27 Å². The fraction of sp³-hybridized carbons (Fsp3) is 1.00. The average Bonchev–Trinajstić information content (AvgIpc) is 2.71. The molecule has 0 spiro atoms. The van der Waals surface area contributed by atoms with E-state index in [1.54, 1.807) is 0 Å². The molecule has 2 saturated heterocycles. The van der Waals surface area contributed by atoms with E-state index in [1.165, 1.54) is 12.8 Å². The Morgan fingerprint density at radius 2 is 1.33 bits per heavy atom. The summed E-state index contributed by atoms with van der Waals surface area (Å²) in [6, 6.07) is 0. The Morgan fingerprint density at radius 1 is 0.800 bits per heavy atom. The lowest BCUT2D eigenvalue weighted by atomic mass is 9.98. The van der Waals surface area contributed by atoms with Crippen LogP contribution >= 0.6 is 0 Å². The minimum atomic E-state index is -2.19. The van der Waals surface area contributed by atoms with E-state index in [0.717, 1.165) is 39.3 Å². The Bertz CT molecular complexity index is 192. The van der Waals surface area contributed by atoms with Crippen molar-refractivity contribution in [1.29, 1.82) is 0 Å². The minimum absolute atomic E-state index is 0.0617. The van der Waals surface area contributed by atoms with Crippen LogP contribution < -0.4 is 0 Å². The highest BCUT2D eigenvalue weighted by Gasteiger charge is 2.26. The molecule has 2 aliphatic heterocycles. The third-order valence-corrected chi connectivity index (χ3v) is 3.23. The Labute approximate surface area is 90.1 Å². The summed E-state index contributed by atoms with van der Waals surface area (Å²) in [7, 11) is -2.19. The summed E-state index contributed by atoms with van der Waals surface area (Å²) in [5, 5.41) is 4.70. The molecule has 0 aromatic carbocycles. The highest BCUT2D eigenvalue weighted by atomic mass is 19.2. The van der Waals surface area contributed by atoms with Gasteiger partial charge in [-0.1, -0.05) is 0 Å². The van der Waals surface area contributed by atoms with Gasteiger partial charge in [0.2, 0.25) is 0 Å². The molecular weight excluding hydrogens is 199 g/mol. The van der Waals surface area contributed by atoms with E-state index in [4.69, 9.17) is 0 Å². The second-order valence-electron chi connectivity index (χ2n) is 4.31. The number of hydrazine groups is 1. The van der Waals surface area contributed by atoms with Crippen LogP contribution in [0.2, 0.25) is 0 Å². The fourth-order valence-electron chi connectivity index (χ4n) is 2.38. The summed E-state index contributed by atoms with van der Waals surface area (Å²) in [5.74, 6) is 0. The van der Waals surface area contributed by atoms with E-state index < -0.39 is 7.27 Å². The molecule has 0 saturated carbocycles. The minimum Gasteiger partial charge on any atom is -0.302 e. The van der Waals surface area contributed by atoms with Gasteiger partial charge in [-0.3, -0.25) is 8.63 Å². The zero-order chi connectivity index (χ0) is 10.7. The lowest BCUT2D eigenvalue weighted by Gasteiger charge is -2.39. The third-order valence-electron chi connectivity index (χ3n) is 3.23. The molecule has 86 valence electrons. The summed E-state index contributed by atoms with van der Waals surface area (Å²) in [4.78, 5) is 1.86. The first-order chi connectivity index (χ1) is 7.25. The van der Waals surface area contributed by atoms with Crippen molar-refractivity contribution in [2.75, 3.05) is 45.7 Å². The van der Waals surface area contributed by atoms with Crippen molar-refractivity contribution in [2.45, 2.75) is 12.8 Å². The highest BCUT2D eigenvalue weighted by Crippen LogP contribution is 2.13. The largest absolute Gasteiger partial charge is 0.551 e. The molecule has 0 radical (unpaired) electrons. The van der Waals surface area contributed by atoms with E-state index in [9.17, 15) is 8.63 Å². The molecule has 2 rings (SSSR count). The maximum atomic E-state index is 12.2. The zero-order valence-electron chi connectivity index (χ0n) is 9.04. The second-order valence-corrected chi connectivity index (χ2v) is 4.31. The lowest BCUT2D eigenvalue weighted by molar-refractivity contribution is -0.0376. The van der Waals surface area contributed by atoms with Gasteiger partial charge in [0.15, 0.2) is 0 Å². The van der Waals surface area contributed by atoms with Crippen molar-refractivity contribution in [1.82, 2.24) is 14.9 Å². The predicted octanol–water partition coefficient (Wildman–Crippen LogP) is 0.581. The van der Waals surface area contributed by atoms with Gasteiger partial charge >= 0.3 is 7.27 Å². The van der Waals surface area contributed by atoms with Crippen LogP contribution in [0, 0.1) is 0 Å². The summed E-state index contributed by atoms with van der Waals surface area (Å²) in [6.07, 6.45) is 2.49. The molecule has 0 atom stereocenters. The topological polar surface area (TPSA) is 9.72 Å². The first kappa shape index (κ1) is 11.3. The summed E-state index contributed by atoms with van der Waals surface area (Å²) < 4.78 is 24.3. The normalized spacial score (nSPS) is 26.0. The average molecular weight is 217 g/mol. The molecule has 0 bridgehead atoms. The molecule has 2 aliphatic rings. The van der Waals surface area contributed by atoms with E-state index in [0.29, 0.717) is 0 Å². The number of rotatable bonds is 3. The Kier molecular flexibility index (Phi) is 3.94. The third kappa shape index (κ3) is 3.13. The summed E-state index contributed by atoms with van der Waals surface area (Å²) in [6.45, 7) is 5.67. The Morgan fingerprint density at radius 3 is 1.87 bits per heavy atom. The van der Waals surface area contributed by atoms with Gasteiger partial charge in [-0.25, -0.2) is 10.0 Å². The SMILES string of the molecule is FB(F)CN1CCN(N2CCCC2)CC1. The van der Waals surface area contributed by atoms with E-state index in [-0.39, 0.29) is 6.44 Å². The van der Waals surface area contributed by atoms with Gasteiger partial charge in [-0.05, 0) is 12.8 Å². The van der Waals surface area contributed by atoms with E-state index in [2.05, 4.69) is 10.0 Å². The Balaban J connectivity index is 1.71. The van der Waals surface area contributed by atoms with Crippen LogP contribution in [0.3, 0.4) is 0 Å². The van der Waals surface area contributed by atoms with Crippen molar-refractivity contribution in [3.8, 4) is 0 Å². The number of hydrogen-bond acceptors (Lipinski definition) is 3. The molecule has 0 unspecified atom stereocenters. The van der Waals surface area contributed by atoms with Crippen LogP contribution in [0.1, 0.15) is 12.8 Å². The Hall–Kier alpha value is -0.195. The van der Waals surface area contributed by atoms with Crippen LogP contribution in [0.25, 0.3) is 0 Å². The van der Waals surface area contributed by atoms with Crippen LogP contribution in [0.4, 0.5) is 8.63 Å². The van der Waals surface area contributed by atoms with Crippen LogP contribution in [-0.4, -0.2) is 67.9 Å². The first-order valence-electron chi connectivity index (χ1n) is 5.76. The maximum absolute atomic E-state index is 12.2. The molecule has 0 amide bonds. The number of piperazine rings is 1. The van der Waals surface area contributed by atoms with Crippen LogP contribution in [0.5, 0.6) is 0 Å². The molecule has 3 nitrogen and oxygen atoms in total. The van der Waals surface area contributed by atoms with E-state index >= 15 is 0 Å². The van der Waals surface area contributed by atoms with Gasteiger partial charge in [0, 0.05) is 45.7 Å². The number of hydrogen-bond donors (Lipinski definition) is 0. The van der Waals surface area contributed by atoms with Gasteiger partial charge in [-0.2, -0.15) is 0 Å². The number of nitrogens with zero attached hydrogens (tertiary/aromatic N) is 3. The quantitative estimate of drug-likeness (QED) is 0.640. The van der Waals surface area contributed by atoms with E-state index in [1.807, 2.05) is 4.90 Å². The van der Waals surface area contributed by atoms with Crippen molar-refractivity contribution in [2.24, 2.45) is 0 Å². The molecule has 15 heavy (non-hydrogen) atoms. The predicted molar refractivity (Wildman–Crippen MR) is 56.8 cm³/mol. The fourth-order valence-corrected chi connectivity index (χ4v) is 2.38. The molecular formula is C9H18BF2N3. The molecule has 2 fully saturated rings. The van der Waals surface area contributed by atoms with Gasteiger partial charge in [0.05, 0.1) is 0 Å². The van der Waals surface area contributed by atoms with Crippen LogP contribution in [-0.2, 0) is 0 Å². The van der Waals surface area contributed by atoms with Crippen LogP contribution in [0.15, 0.2) is 0 Å². The van der Waals surface area contributed by atoms with Gasteiger partial charge in [-0.15, -0.1) is 0 Å². The lowest BCUT2D eigenvalue weighted by Crippen LogP contribution is -2.53. The summed E-state index contributed by atoms with van der Waals surface area (Å²) in [5.41, 5.74) is 0. The van der Waals surface area contributed by atoms with Crippen molar-refractivity contribution < 1.29 is 8.63 Å². The molecule has 0 aromatic heterocycles. The standard InChI is InChI=1S/C9H18BF2N3/c11-10(12)9-13-5-7-15(8-6-13)14-3-1-2-4-14/h1-9H2. The van der Waals surface area contributed by atoms with Gasteiger partial charge in [0.1, 0.15) is 0 Å². The van der Waals surface area contributed by atoms with Crippen molar-refractivity contribution in [3.05, 3.63) is 0 Å². The second kappa shape index (κ2) is 5.23. The monoisotopic (exact) mass is 217 g/mol. The maximum Gasteiger partial charge on any atom is 0.551 e. The molecule has 0 aromatic rings. The smallest absolute Gasteiger partial charge is 0.302 e. The highest BCUT2D eigenvalue weighted by molar-refractivity contribution is 6.42. The molecule has 2 heterocycles. The van der Waals surface area contributed by atoms with Gasteiger partial charge in [0.25, 0.3) is 0 Å². The zero-order valence-corrected chi connectivity index (χ0v) is 9.04. The molecule has 0 aliphatic carbocycles.